The minimum absolute atomic E-state index is 0.134. The molecule has 1 aromatic rings. The molecule has 0 bridgehead atoms. The van der Waals surface area contributed by atoms with E-state index in [-0.39, 0.29) is 10.6 Å². The molecular weight excluding hydrogens is 285 g/mol. The van der Waals surface area contributed by atoms with Crippen LogP contribution in [0.4, 0.5) is 4.39 Å². The first-order valence-corrected chi connectivity index (χ1v) is 8.33. The maximum Gasteiger partial charge on any atom is 0.193 e. The number of nitrogens with one attached hydrogen (secondary N) is 1. The van der Waals surface area contributed by atoms with Crippen molar-refractivity contribution in [1.29, 1.82) is 0 Å². The van der Waals surface area contributed by atoms with E-state index in [2.05, 4.69) is 29.1 Å². The van der Waals surface area contributed by atoms with Gasteiger partial charge >= 0.3 is 0 Å². The fraction of sp³-hybridized carbons (Fsp3) is 0.562. The predicted molar refractivity (Wildman–Crippen MR) is 89.6 cm³/mol. The van der Waals surface area contributed by atoms with E-state index < -0.39 is 0 Å². The van der Waals surface area contributed by atoms with Crippen LogP contribution in [0.3, 0.4) is 0 Å². The minimum atomic E-state index is -0.134. The van der Waals surface area contributed by atoms with E-state index in [4.69, 9.17) is 0 Å². The molecule has 0 saturated carbocycles. The summed E-state index contributed by atoms with van der Waals surface area (Å²) >= 11 is 2.00. The van der Waals surface area contributed by atoms with Gasteiger partial charge in [-0.05, 0) is 31.9 Å². The Morgan fingerprint density at radius 3 is 2.86 bits per heavy atom. The number of rotatable bonds is 3. The average Bonchev–Trinajstić information content (AvgIpc) is 2.44. The first kappa shape index (κ1) is 16.1. The van der Waals surface area contributed by atoms with Crippen molar-refractivity contribution in [3.05, 3.63) is 35.6 Å². The molecule has 0 spiro atoms. The Labute approximate surface area is 131 Å². The van der Waals surface area contributed by atoms with Gasteiger partial charge in [-0.2, -0.15) is 11.8 Å². The molecule has 0 amide bonds. The van der Waals surface area contributed by atoms with Crippen molar-refractivity contribution in [1.82, 2.24) is 10.2 Å². The van der Waals surface area contributed by atoms with E-state index >= 15 is 0 Å². The van der Waals surface area contributed by atoms with E-state index in [1.165, 1.54) is 6.07 Å². The van der Waals surface area contributed by atoms with Crippen molar-refractivity contribution < 1.29 is 4.39 Å². The number of benzene rings is 1. The van der Waals surface area contributed by atoms with E-state index in [0.29, 0.717) is 13.0 Å². The fourth-order valence-corrected chi connectivity index (χ4v) is 3.65. The van der Waals surface area contributed by atoms with Gasteiger partial charge in [0.2, 0.25) is 0 Å². The van der Waals surface area contributed by atoms with E-state index in [9.17, 15) is 4.39 Å². The highest BCUT2D eigenvalue weighted by Gasteiger charge is 2.28. The Kier molecular flexibility index (Phi) is 5.51. The minimum Gasteiger partial charge on any atom is -0.356 e. The van der Waals surface area contributed by atoms with Crippen molar-refractivity contribution in [2.45, 2.75) is 25.0 Å². The molecule has 1 fully saturated rings. The molecule has 3 nitrogen and oxygen atoms in total. The second-order valence-electron chi connectivity index (χ2n) is 5.85. The Hall–Kier alpha value is -1.23. The molecule has 2 rings (SSSR count). The van der Waals surface area contributed by atoms with Crippen LogP contribution in [0.5, 0.6) is 0 Å². The van der Waals surface area contributed by atoms with Gasteiger partial charge in [0.05, 0.1) is 0 Å². The largest absolute Gasteiger partial charge is 0.356 e. The SMILES string of the molecule is CN=C(NCCc1ccccc1F)N1CCSC(C)(C)C1. The second kappa shape index (κ2) is 7.16. The Bertz CT molecular complexity index is 502. The van der Waals surface area contributed by atoms with Crippen LogP contribution < -0.4 is 5.32 Å². The molecule has 1 aliphatic rings. The average molecular weight is 309 g/mol. The summed E-state index contributed by atoms with van der Waals surface area (Å²) in [7, 11) is 1.81. The Morgan fingerprint density at radius 2 is 2.19 bits per heavy atom. The van der Waals surface area contributed by atoms with Gasteiger partial charge in [-0.25, -0.2) is 4.39 Å². The number of thioether (sulfide) groups is 1. The van der Waals surface area contributed by atoms with E-state index in [1.807, 2.05) is 23.9 Å². The zero-order valence-electron chi connectivity index (χ0n) is 13.0. The van der Waals surface area contributed by atoms with Crippen molar-refractivity contribution in [3.8, 4) is 0 Å². The molecule has 0 aliphatic carbocycles. The van der Waals surface area contributed by atoms with Crippen molar-refractivity contribution >= 4 is 17.7 Å². The highest BCUT2D eigenvalue weighted by Crippen LogP contribution is 2.29. The number of aliphatic imine (C=N–C) groups is 1. The van der Waals surface area contributed by atoms with Crippen LogP contribution >= 0.6 is 11.8 Å². The number of hydrogen-bond acceptors (Lipinski definition) is 2. The van der Waals surface area contributed by atoms with Gasteiger partial charge in [-0.3, -0.25) is 4.99 Å². The number of hydrogen-bond donors (Lipinski definition) is 1. The summed E-state index contributed by atoms with van der Waals surface area (Å²) in [5, 5.41) is 3.35. The second-order valence-corrected chi connectivity index (χ2v) is 7.65. The summed E-state index contributed by atoms with van der Waals surface area (Å²) < 4.78 is 13.8. The normalized spacial score (nSPS) is 18.7. The van der Waals surface area contributed by atoms with Crippen molar-refractivity contribution in [2.75, 3.05) is 32.4 Å². The van der Waals surface area contributed by atoms with Gasteiger partial charge in [0.1, 0.15) is 5.82 Å². The topological polar surface area (TPSA) is 27.6 Å². The lowest BCUT2D eigenvalue weighted by atomic mass is 10.1. The predicted octanol–water partition coefficient (Wildman–Crippen LogP) is 2.77. The molecule has 1 saturated heterocycles. The molecule has 0 unspecified atom stereocenters. The number of halogens is 1. The fourth-order valence-electron chi connectivity index (χ4n) is 2.54. The van der Waals surface area contributed by atoms with Crippen LogP contribution in [-0.2, 0) is 6.42 Å². The third-order valence-corrected chi connectivity index (χ3v) is 4.87. The van der Waals surface area contributed by atoms with Gasteiger partial charge in [0, 0.05) is 37.2 Å². The lowest BCUT2D eigenvalue weighted by Crippen LogP contribution is -2.51. The summed E-state index contributed by atoms with van der Waals surface area (Å²) in [6.45, 7) is 7.20. The van der Waals surface area contributed by atoms with Gasteiger partial charge < -0.3 is 10.2 Å². The van der Waals surface area contributed by atoms with Gasteiger partial charge in [0.25, 0.3) is 0 Å². The lowest BCUT2D eigenvalue weighted by molar-refractivity contribution is 0.376. The number of guanidine groups is 1. The van der Waals surface area contributed by atoms with Crippen molar-refractivity contribution in [2.24, 2.45) is 4.99 Å². The Morgan fingerprint density at radius 1 is 1.43 bits per heavy atom. The number of nitrogens with zero attached hydrogens (tertiary/aromatic N) is 2. The van der Waals surface area contributed by atoms with Crippen LogP contribution in [0.25, 0.3) is 0 Å². The molecule has 1 aliphatic heterocycles. The molecule has 1 N–H and O–H groups in total. The molecular formula is C16H24FN3S. The maximum atomic E-state index is 13.6. The summed E-state index contributed by atoms with van der Waals surface area (Å²) in [6.07, 6.45) is 0.664. The summed E-state index contributed by atoms with van der Waals surface area (Å²) in [6, 6.07) is 6.94. The maximum absolute atomic E-state index is 13.6. The standard InChI is InChI=1S/C16H24FN3S/c1-16(2)12-20(10-11-21-16)15(18-3)19-9-8-13-6-4-5-7-14(13)17/h4-7H,8-12H2,1-3H3,(H,18,19). The molecule has 1 aromatic carbocycles. The summed E-state index contributed by atoms with van der Waals surface area (Å²) in [5.74, 6) is 1.89. The summed E-state index contributed by atoms with van der Waals surface area (Å²) in [4.78, 5) is 6.65. The van der Waals surface area contributed by atoms with Gasteiger partial charge in [0.15, 0.2) is 5.96 Å². The van der Waals surface area contributed by atoms with Crippen LogP contribution in [0.15, 0.2) is 29.3 Å². The molecule has 116 valence electrons. The quantitative estimate of drug-likeness (QED) is 0.687. The van der Waals surface area contributed by atoms with Gasteiger partial charge in [-0.1, -0.05) is 18.2 Å². The molecule has 0 radical (unpaired) electrons. The van der Waals surface area contributed by atoms with Crippen LogP contribution in [-0.4, -0.2) is 48.0 Å². The zero-order chi connectivity index (χ0) is 15.3. The highest BCUT2D eigenvalue weighted by atomic mass is 32.2. The van der Waals surface area contributed by atoms with Crippen LogP contribution in [0, 0.1) is 5.82 Å². The third-order valence-electron chi connectivity index (χ3n) is 3.57. The highest BCUT2D eigenvalue weighted by molar-refractivity contribution is 8.00. The first-order chi connectivity index (χ1) is 10.0. The van der Waals surface area contributed by atoms with Gasteiger partial charge in [-0.15, -0.1) is 0 Å². The molecule has 21 heavy (non-hydrogen) atoms. The third kappa shape index (κ3) is 4.63. The zero-order valence-corrected chi connectivity index (χ0v) is 13.8. The van der Waals surface area contributed by atoms with E-state index in [0.717, 1.165) is 30.4 Å². The van der Waals surface area contributed by atoms with Crippen LogP contribution in [0.2, 0.25) is 0 Å². The molecule has 5 heteroatoms. The first-order valence-electron chi connectivity index (χ1n) is 7.35. The smallest absolute Gasteiger partial charge is 0.193 e. The monoisotopic (exact) mass is 309 g/mol. The molecule has 0 aromatic heterocycles. The molecule has 1 heterocycles. The van der Waals surface area contributed by atoms with E-state index in [1.54, 1.807) is 13.1 Å². The summed E-state index contributed by atoms with van der Waals surface area (Å²) in [5.41, 5.74) is 0.745. The lowest BCUT2D eigenvalue weighted by Gasteiger charge is -2.39. The van der Waals surface area contributed by atoms with Crippen LogP contribution in [0.1, 0.15) is 19.4 Å². The van der Waals surface area contributed by atoms with Crippen molar-refractivity contribution in [3.63, 3.8) is 0 Å². The Balaban J connectivity index is 1.87. The molecule has 0 atom stereocenters.